The Hall–Kier alpha value is -1.85. The van der Waals surface area contributed by atoms with Crippen molar-refractivity contribution in [3.05, 3.63) is 42.1 Å². The van der Waals surface area contributed by atoms with Crippen LogP contribution in [0.4, 0.5) is 5.82 Å². The van der Waals surface area contributed by atoms with Crippen LogP contribution in [0.5, 0.6) is 0 Å². The molecule has 2 aromatic rings. The minimum atomic E-state index is -0.0717. The highest BCUT2D eigenvalue weighted by atomic mass is 35.5. The van der Waals surface area contributed by atoms with Crippen molar-refractivity contribution in [3.8, 4) is 5.69 Å². The van der Waals surface area contributed by atoms with E-state index in [-0.39, 0.29) is 18.3 Å². The molecule has 1 saturated carbocycles. The minimum absolute atomic E-state index is 0. The van der Waals surface area contributed by atoms with Crippen LogP contribution in [0.25, 0.3) is 5.69 Å². The van der Waals surface area contributed by atoms with Gasteiger partial charge in [0.25, 0.3) is 0 Å². The van der Waals surface area contributed by atoms with Gasteiger partial charge in [0.2, 0.25) is 5.91 Å². The molecule has 0 atom stereocenters. The van der Waals surface area contributed by atoms with Crippen LogP contribution >= 0.6 is 12.4 Å². The highest BCUT2D eigenvalue weighted by molar-refractivity contribution is 5.90. The highest BCUT2D eigenvalue weighted by Crippen LogP contribution is 2.35. The van der Waals surface area contributed by atoms with Crippen LogP contribution < -0.4 is 11.1 Å². The second-order valence-electron chi connectivity index (χ2n) is 5.77. The maximum absolute atomic E-state index is 11.9. The topological polar surface area (TPSA) is 72.9 Å². The molecule has 0 spiro atoms. The molecule has 0 aliphatic heterocycles. The Balaban J connectivity index is 0.00000192. The van der Waals surface area contributed by atoms with Crippen molar-refractivity contribution in [1.29, 1.82) is 0 Å². The molecular weight excluding hydrogens is 312 g/mol. The molecule has 0 radical (unpaired) electrons. The molecule has 3 N–H and O–H groups in total. The number of nitrogens with zero attached hydrogens (tertiary/aromatic N) is 2. The molecule has 0 unspecified atom stereocenters. The minimum Gasteiger partial charge on any atom is -0.330 e. The number of aromatic nitrogens is 2. The predicted octanol–water partition coefficient (Wildman–Crippen LogP) is 3.24. The number of nitrogens with one attached hydrogen (secondary N) is 1. The number of benzene rings is 1. The van der Waals surface area contributed by atoms with Gasteiger partial charge in [0.15, 0.2) is 0 Å². The molecule has 1 aromatic carbocycles. The molecule has 0 saturated heterocycles. The van der Waals surface area contributed by atoms with Crippen molar-refractivity contribution in [2.24, 2.45) is 5.73 Å². The monoisotopic (exact) mass is 334 g/mol. The van der Waals surface area contributed by atoms with Crippen molar-refractivity contribution in [3.63, 3.8) is 0 Å². The second-order valence-corrected chi connectivity index (χ2v) is 5.77. The fourth-order valence-corrected chi connectivity index (χ4v) is 3.01. The van der Waals surface area contributed by atoms with Gasteiger partial charge in [-0.1, -0.05) is 31.0 Å². The van der Waals surface area contributed by atoms with Crippen molar-refractivity contribution in [2.75, 3.05) is 11.9 Å². The third-order valence-corrected chi connectivity index (χ3v) is 4.14. The number of carbonyl (C=O) groups is 1. The van der Waals surface area contributed by atoms with E-state index < -0.39 is 0 Å². The Morgan fingerprint density at radius 3 is 2.61 bits per heavy atom. The van der Waals surface area contributed by atoms with Gasteiger partial charge in [0.05, 0.1) is 11.4 Å². The Kier molecular flexibility index (Phi) is 6.19. The maximum Gasteiger partial charge on any atom is 0.226 e. The van der Waals surface area contributed by atoms with Crippen molar-refractivity contribution >= 4 is 24.1 Å². The van der Waals surface area contributed by atoms with Crippen LogP contribution in [0.2, 0.25) is 0 Å². The quantitative estimate of drug-likeness (QED) is 0.881. The summed E-state index contributed by atoms with van der Waals surface area (Å²) in [6, 6.07) is 11.9. The molecule has 1 heterocycles. The molecule has 1 aliphatic rings. The first-order valence-electron chi connectivity index (χ1n) is 7.93. The lowest BCUT2D eigenvalue weighted by Crippen LogP contribution is -2.18. The predicted molar refractivity (Wildman–Crippen MR) is 94.3 cm³/mol. The van der Waals surface area contributed by atoms with Gasteiger partial charge in [-0.2, -0.15) is 5.10 Å². The zero-order valence-electron chi connectivity index (χ0n) is 13.1. The zero-order chi connectivity index (χ0) is 15.4. The Morgan fingerprint density at radius 2 is 1.96 bits per heavy atom. The molecule has 1 aliphatic carbocycles. The average Bonchev–Trinajstić information content (AvgIpc) is 3.17. The van der Waals surface area contributed by atoms with Gasteiger partial charge in [0.1, 0.15) is 5.82 Å². The normalized spacial score (nSPS) is 14.5. The standard InChI is InChI=1S/C17H22N4O.ClH/c18-11-10-17(22)19-16-12-15(13-6-4-5-7-13)20-21(16)14-8-2-1-3-9-14;/h1-3,8-9,12-13H,4-7,10-11,18H2,(H,19,22);1H. The first-order valence-corrected chi connectivity index (χ1v) is 7.93. The third-order valence-electron chi connectivity index (χ3n) is 4.14. The number of rotatable bonds is 5. The van der Waals surface area contributed by atoms with E-state index in [4.69, 9.17) is 10.8 Å². The SMILES string of the molecule is Cl.NCCC(=O)Nc1cc(C2CCCC2)nn1-c1ccccc1. The van der Waals surface area contributed by atoms with Crippen LogP contribution in [0.1, 0.15) is 43.7 Å². The summed E-state index contributed by atoms with van der Waals surface area (Å²) >= 11 is 0. The summed E-state index contributed by atoms with van der Waals surface area (Å²) in [5.74, 6) is 1.17. The van der Waals surface area contributed by atoms with E-state index >= 15 is 0 Å². The van der Waals surface area contributed by atoms with Crippen molar-refractivity contribution in [2.45, 2.75) is 38.0 Å². The number of anilines is 1. The Labute approximate surface area is 142 Å². The molecular formula is C17H23ClN4O. The molecule has 23 heavy (non-hydrogen) atoms. The first kappa shape index (κ1) is 17.5. The van der Waals surface area contributed by atoms with E-state index in [1.165, 1.54) is 25.7 Å². The maximum atomic E-state index is 11.9. The van der Waals surface area contributed by atoms with Crippen LogP contribution in [0.15, 0.2) is 36.4 Å². The van der Waals surface area contributed by atoms with Crippen LogP contribution in [-0.2, 0) is 4.79 Å². The number of hydrogen-bond acceptors (Lipinski definition) is 3. The van der Waals surface area contributed by atoms with E-state index in [1.54, 1.807) is 0 Å². The molecule has 1 aromatic heterocycles. The first-order chi connectivity index (χ1) is 10.8. The third kappa shape index (κ3) is 4.12. The summed E-state index contributed by atoms with van der Waals surface area (Å²) in [7, 11) is 0. The van der Waals surface area contributed by atoms with Gasteiger partial charge >= 0.3 is 0 Å². The van der Waals surface area contributed by atoms with Gasteiger partial charge in [0, 0.05) is 24.9 Å². The van der Waals surface area contributed by atoms with E-state index in [0.717, 1.165) is 17.2 Å². The lowest BCUT2D eigenvalue weighted by Gasteiger charge is -2.08. The average molecular weight is 335 g/mol. The van der Waals surface area contributed by atoms with Crippen molar-refractivity contribution < 1.29 is 4.79 Å². The van der Waals surface area contributed by atoms with E-state index in [2.05, 4.69) is 5.32 Å². The highest BCUT2D eigenvalue weighted by Gasteiger charge is 2.22. The number of hydrogen-bond donors (Lipinski definition) is 2. The molecule has 124 valence electrons. The van der Waals surface area contributed by atoms with Crippen LogP contribution in [-0.4, -0.2) is 22.2 Å². The number of para-hydroxylation sites is 1. The fraction of sp³-hybridized carbons (Fsp3) is 0.412. The van der Waals surface area contributed by atoms with Gasteiger partial charge in [-0.25, -0.2) is 4.68 Å². The number of nitrogens with two attached hydrogens (primary N) is 1. The second kappa shape index (κ2) is 8.13. The lowest BCUT2D eigenvalue weighted by atomic mass is 10.0. The largest absolute Gasteiger partial charge is 0.330 e. The van der Waals surface area contributed by atoms with E-state index in [9.17, 15) is 4.79 Å². The molecule has 6 heteroatoms. The van der Waals surface area contributed by atoms with Gasteiger partial charge < -0.3 is 11.1 Å². The summed E-state index contributed by atoms with van der Waals surface area (Å²) in [5.41, 5.74) is 7.48. The van der Waals surface area contributed by atoms with E-state index in [0.29, 0.717) is 18.9 Å². The van der Waals surface area contributed by atoms with Gasteiger partial charge in [-0.15, -0.1) is 12.4 Å². The summed E-state index contributed by atoms with van der Waals surface area (Å²) in [6.07, 6.45) is 5.21. The molecule has 1 fully saturated rings. The molecule has 3 rings (SSSR count). The number of halogens is 1. The summed E-state index contributed by atoms with van der Waals surface area (Å²) in [5, 5.41) is 7.68. The van der Waals surface area contributed by atoms with Gasteiger partial charge in [-0.3, -0.25) is 4.79 Å². The summed E-state index contributed by atoms with van der Waals surface area (Å²) in [4.78, 5) is 11.9. The smallest absolute Gasteiger partial charge is 0.226 e. The van der Waals surface area contributed by atoms with Crippen LogP contribution in [0, 0.1) is 0 Å². The van der Waals surface area contributed by atoms with Gasteiger partial charge in [-0.05, 0) is 25.0 Å². The Bertz CT molecular complexity index is 635. The van der Waals surface area contributed by atoms with Crippen LogP contribution in [0.3, 0.4) is 0 Å². The lowest BCUT2D eigenvalue weighted by molar-refractivity contribution is -0.116. The fourth-order valence-electron chi connectivity index (χ4n) is 3.01. The summed E-state index contributed by atoms with van der Waals surface area (Å²) < 4.78 is 1.82. The molecule has 5 nitrogen and oxygen atoms in total. The number of carbonyl (C=O) groups excluding carboxylic acids is 1. The molecule has 1 amide bonds. The molecule has 0 bridgehead atoms. The zero-order valence-corrected chi connectivity index (χ0v) is 13.9. The van der Waals surface area contributed by atoms with Crippen molar-refractivity contribution in [1.82, 2.24) is 9.78 Å². The number of amides is 1. The Morgan fingerprint density at radius 1 is 1.26 bits per heavy atom. The summed E-state index contributed by atoms with van der Waals surface area (Å²) in [6.45, 7) is 0.348. The van der Waals surface area contributed by atoms with E-state index in [1.807, 2.05) is 41.1 Å².